The Morgan fingerprint density at radius 1 is 1.03 bits per heavy atom. The summed E-state index contributed by atoms with van der Waals surface area (Å²) in [6, 6.07) is 18.8. The van der Waals surface area contributed by atoms with Crippen molar-refractivity contribution in [2.45, 2.75) is 33.3 Å². The number of thiazole rings is 1. The number of rotatable bonds is 10. The topological polar surface area (TPSA) is 73.6 Å². The van der Waals surface area contributed by atoms with E-state index in [-0.39, 0.29) is 5.91 Å². The summed E-state index contributed by atoms with van der Waals surface area (Å²) in [5, 5.41) is 5.94. The third kappa shape index (κ3) is 6.29. The van der Waals surface area contributed by atoms with E-state index in [9.17, 15) is 4.79 Å². The highest BCUT2D eigenvalue weighted by Crippen LogP contribution is 2.17. The number of benzene rings is 2. The molecule has 0 aliphatic carbocycles. The van der Waals surface area contributed by atoms with Crippen LogP contribution in [-0.4, -0.2) is 10.9 Å². The average Bonchev–Trinajstić information content (AvgIpc) is 3.48. The van der Waals surface area contributed by atoms with Crippen molar-refractivity contribution in [1.29, 1.82) is 0 Å². The van der Waals surface area contributed by atoms with Gasteiger partial charge in [-0.2, -0.15) is 0 Å². The Morgan fingerprint density at radius 3 is 2.72 bits per heavy atom. The number of hydrogen-bond acceptors (Lipinski definition) is 6. The van der Waals surface area contributed by atoms with Gasteiger partial charge in [0.25, 0.3) is 5.91 Å². The first-order valence-corrected chi connectivity index (χ1v) is 11.1. The summed E-state index contributed by atoms with van der Waals surface area (Å²) in [6.45, 7) is 3.66. The van der Waals surface area contributed by atoms with Gasteiger partial charge in [0, 0.05) is 17.5 Å². The monoisotopic (exact) mass is 448 g/mol. The molecule has 32 heavy (non-hydrogen) atoms. The molecule has 0 spiro atoms. The third-order valence-electron chi connectivity index (χ3n) is 4.69. The summed E-state index contributed by atoms with van der Waals surface area (Å²) in [5.41, 5.74) is 3.48. The van der Waals surface area contributed by atoms with Crippen molar-refractivity contribution in [3.8, 4) is 5.75 Å². The zero-order valence-electron chi connectivity index (χ0n) is 17.7. The number of nitrogens with zero attached hydrogens (tertiary/aromatic N) is 1. The molecule has 4 rings (SSSR count). The number of amides is 1. The van der Waals surface area contributed by atoms with Crippen molar-refractivity contribution in [3.05, 3.63) is 105 Å². The Morgan fingerprint density at radius 2 is 1.91 bits per heavy atom. The van der Waals surface area contributed by atoms with Crippen LogP contribution in [0, 0.1) is 6.92 Å². The molecule has 2 aromatic heterocycles. The SMILES string of the molecule is Cc1nc(COc2cccc(C(=O)NCc3cccc(COCc4ccco4)c3)c2)cs1. The minimum Gasteiger partial charge on any atom is -0.487 e. The summed E-state index contributed by atoms with van der Waals surface area (Å²) >= 11 is 1.59. The van der Waals surface area contributed by atoms with Crippen LogP contribution in [0.15, 0.2) is 76.7 Å². The van der Waals surface area contributed by atoms with Gasteiger partial charge in [-0.15, -0.1) is 11.3 Å². The minimum atomic E-state index is -0.153. The van der Waals surface area contributed by atoms with E-state index in [1.165, 1.54) is 0 Å². The third-order valence-corrected chi connectivity index (χ3v) is 5.51. The standard InChI is InChI=1S/C25H24N2O4S/c1-18-27-22(17-32-18)15-31-23-8-3-7-21(12-23)25(28)26-13-19-5-2-6-20(11-19)14-29-16-24-9-4-10-30-24/h2-12,17H,13-16H2,1H3,(H,26,28). The average molecular weight is 449 g/mol. The van der Waals surface area contributed by atoms with Crippen molar-refractivity contribution in [2.75, 3.05) is 0 Å². The first kappa shape index (κ1) is 21.8. The van der Waals surface area contributed by atoms with E-state index in [1.807, 2.05) is 60.8 Å². The number of aromatic nitrogens is 1. The van der Waals surface area contributed by atoms with E-state index in [2.05, 4.69) is 10.3 Å². The van der Waals surface area contributed by atoms with Gasteiger partial charge in [0.2, 0.25) is 0 Å². The van der Waals surface area contributed by atoms with Crippen molar-refractivity contribution in [2.24, 2.45) is 0 Å². The highest BCUT2D eigenvalue weighted by atomic mass is 32.1. The molecule has 0 radical (unpaired) electrons. The summed E-state index contributed by atoms with van der Waals surface area (Å²) < 4.78 is 16.7. The maximum Gasteiger partial charge on any atom is 0.251 e. The second kappa shape index (κ2) is 10.7. The van der Waals surface area contributed by atoms with Gasteiger partial charge in [-0.05, 0) is 48.4 Å². The normalized spacial score (nSPS) is 10.8. The fourth-order valence-corrected chi connectivity index (χ4v) is 3.73. The Kier molecular flexibility index (Phi) is 7.32. The lowest BCUT2D eigenvalue weighted by molar-refractivity contribution is 0.0928. The molecule has 164 valence electrons. The number of aryl methyl sites for hydroxylation is 1. The molecule has 1 N–H and O–H groups in total. The first-order chi connectivity index (χ1) is 15.7. The molecule has 6 nitrogen and oxygen atoms in total. The van der Waals surface area contributed by atoms with Crippen molar-refractivity contribution in [3.63, 3.8) is 0 Å². The van der Waals surface area contributed by atoms with Crippen LogP contribution < -0.4 is 10.1 Å². The zero-order chi connectivity index (χ0) is 22.2. The fourth-order valence-electron chi connectivity index (χ4n) is 3.14. The molecule has 0 unspecified atom stereocenters. The van der Waals surface area contributed by atoms with Gasteiger partial charge in [-0.3, -0.25) is 4.79 Å². The molecule has 2 aromatic carbocycles. The molecule has 0 fully saturated rings. The lowest BCUT2D eigenvalue weighted by Gasteiger charge is -2.09. The molecule has 0 aliphatic heterocycles. The van der Waals surface area contributed by atoms with Gasteiger partial charge in [-0.1, -0.05) is 30.3 Å². The van der Waals surface area contributed by atoms with Crippen LogP contribution in [-0.2, 0) is 31.1 Å². The number of carbonyl (C=O) groups excluding carboxylic acids is 1. The fraction of sp³-hybridized carbons (Fsp3) is 0.200. The number of furan rings is 1. The Labute approximate surface area is 190 Å². The molecule has 2 heterocycles. The van der Waals surface area contributed by atoms with E-state index in [0.29, 0.717) is 37.7 Å². The summed E-state index contributed by atoms with van der Waals surface area (Å²) in [7, 11) is 0. The predicted molar refractivity (Wildman–Crippen MR) is 122 cm³/mol. The summed E-state index contributed by atoms with van der Waals surface area (Å²) in [4.78, 5) is 17.0. The van der Waals surface area contributed by atoms with Crippen LogP contribution in [0.3, 0.4) is 0 Å². The second-order valence-electron chi connectivity index (χ2n) is 7.25. The first-order valence-electron chi connectivity index (χ1n) is 10.3. The Bertz CT molecular complexity index is 1150. The van der Waals surface area contributed by atoms with Crippen molar-refractivity contribution >= 4 is 17.2 Å². The smallest absolute Gasteiger partial charge is 0.251 e. The lowest BCUT2D eigenvalue weighted by atomic mass is 10.1. The van der Waals surface area contributed by atoms with E-state index < -0.39 is 0 Å². The molecule has 0 aliphatic rings. The van der Waals surface area contributed by atoms with Crippen LogP contribution in [0.4, 0.5) is 0 Å². The minimum absolute atomic E-state index is 0.153. The van der Waals surface area contributed by atoms with E-state index >= 15 is 0 Å². The van der Waals surface area contributed by atoms with Gasteiger partial charge < -0.3 is 19.2 Å². The van der Waals surface area contributed by atoms with E-state index in [1.54, 1.807) is 29.7 Å². The number of carbonyl (C=O) groups is 1. The predicted octanol–water partition coefficient (Wildman–Crippen LogP) is 5.27. The molecule has 1 amide bonds. The van der Waals surface area contributed by atoms with Gasteiger partial charge in [-0.25, -0.2) is 4.98 Å². The molecule has 0 bridgehead atoms. The number of ether oxygens (including phenoxy) is 2. The molecular formula is C25H24N2O4S. The van der Waals surface area contributed by atoms with Crippen molar-refractivity contribution in [1.82, 2.24) is 10.3 Å². The highest BCUT2D eigenvalue weighted by molar-refractivity contribution is 7.09. The van der Waals surface area contributed by atoms with E-state index in [4.69, 9.17) is 13.9 Å². The second-order valence-corrected chi connectivity index (χ2v) is 8.31. The number of hydrogen-bond donors (Lipinski definition) is 1. The lowest BCUT2D eigenvalue weighted by Crippen LogP contribution is -2.22. The summed E-state index contributed by atoms with van der Waals surface area (Å²) in [6.07, 6.45) is 1.63. The zero-order valence-corrected chi connectivity index (χ0v) is 18.6. The molecule has 4 aromatic rings. The molecule has 0 atom stereocenters. The maximum absolute atomic E-state index is 12.6. The summed E-state index contributed by atoms with van der Waals surface area (Å²) in [5.74, 6) is 1.28. The largest absolute Gasteiger partial charge is 0.487 e. The van der Waals surface area contributed by atoms with Gasteiger partial charge >= 0.3 is 0 Å². The van der Waals surface area contributed by atoms with Crippen LogP contribution in [0.1, 0.15) is 37.9 Å². The molecule has 0 saturated carbocycles. The Balaban J connectivity index is 1.27. The Hall–Kier alpha value is -3.42. The van der Waals surface area contributed by atoms with Crippen LogP contribution in [0.25, 0.3) is 0 Å². The quantitative estimate of drug-likeness (QED) is 0.358. The highest BCUT2D eigenvalue weighted by Gasteiger charge is 2.08. The van der Waals surface area contributed by atoms with Crippen LogP contribution >= 0.6 is 11.3 Å². The van der Waals surface area contributed by atoms with E-state index in [0.717, 1.165) is 27.6 Å². The number of nitrogens with one attached hydrogen (secondary N) is 1. The van der Waals surface area contributed by atoms with Crippen LogP contribution in [0.2, 0.25) is 0 Å². The van der Waals surface area contributed by atoms with Gasteiger partial charge in [0.1, 0.15) is 24.7 Å². The van der Waals surface area contributed by atoms with Gasteiger partial charge in [0.05, 0.1) is 23.6 Å². The maximum atomic E-state index is 12.6. The molecule has 0 saturated heterocycles. The van der Waals surface area contributed by atoms with Crippen LogP contribution in [0.5, 0.6) is 5.75 Å². The van der Waals surface area contributed by atoms with Gasteiger partial charge in [0.15, 0.2) is 0 Å². The molecular weight excluding hydrogens is 424 g/mol. The van der Waals surface area contributed by atoms with Crippen molar-refractivity contribution < 1.29 is 18.7 Å². The molecule has 7 heteroatoms.